The van der Waals surface area contributed by atoms with Crippen LogP contribution >= 0.6 is 0 Å². The van der Waals surface area contributed by atoms with E-state index >= 15 is 0 Å². The molecule has 0 radical (unpaired) electrons. The number of H-pyrrole nitrogens is 1. The third-order valence-corrected chi connectivity index (χ3v) is 2.19. The number of aromatic amines is 1. The highest BCUT2D eigenvalue weighted by Gasteiger charge is 2.14. The first kappa shape index (κ1) is 9.82. The zero-order valence-electron chi connectivity index (χ0n) is 8.13. The van der Waals surface area contributed by atoms with Gasteiger partial charge < -0.3 is 0 Å². The number of nitrogens with two attached hydrogens (primary N) is 1. The smallest absolute Gasteiger partial charge is 0.128 e. The standard InChI is InChI=1S/C10H12N4O/c11-15-10(9-7-12-14-13-9)6-8-4-2-1-3-5-8/h1-5,7,10H,6,11H2,(H,12,13,14). The van der Waals surface area contributed by atoms with Gasteiger partial charge in [0.15, 0.2) is 0 Å². The molecule has 1 heterocycles. The second-order valence-corrected chi connectivity index (χ2v) is 3.21. The van der Waals surface area contributed by atoms with Gasteiger partial charge in [-0.2, -0.15) is 0 Å². The fraction of sp³-hybridized carbons (Fsp3) is 0.200. The van der Waals surface area contributed by atoms with Crippen LogP contribution in [0, 0.1) is 0 Å². The summed E-state index contributed by atoms with van der Waals surface area (Å²) in [5.41, 5.74) is 1.86. The van der Waals surface area contributed by atoms with Gasteiger partial charge in [0, 0.05) is 12.6 Å². The maximum Gasteiger partial charge on any atom is 0.128 e. The first-order valence-electron chi connectivity index (χ1n) is 4.66. The van der Waals surface area contributed by atoms with E-state index in [-0.39, 0.29) is 6.10 Å². The van der Waals surface area contributed by atoms with Gasteiger partial charge in [-0.1, -0.05) is 35.5 Å². The minimum absolute atomic E-state index is 0.258. The lowest BCUT2D eigenvalue weighted by atomic mass is 10.1. The van der Waals surface area contributed by atoms with E-state index in [9.17, 15) is 0 Å². The first-order valence-corrected chi connectivity index (χ1v) is 4.66. The molecule has 5 nitrogen and oxygen atoms in total. The lowest BCUT2D eigenvalue weighted by molar-refractivity contribution is 0.0499. The molecule has 1 unspecified atom stereocenters. The van der Waals surface area contributed by atoms with E-state index in [2.05, 4.69) is 15.4 Å². The molecule has 0 saturated carbocycles. The van der Waals surface area contributed by atoms with E-state index in [1.165, 1.54) is 0 Å². The molecule has 15 heavy (non-hydrogen) atoms. The predicted octanol–water partition coefficient (Wildman–Crippen LogP) is 0.979. The molecule has 1 atom stereocenters. The van der Waals surface area contributed by atoms with Crippen molar-refractivity contribution in [1.29, 1.82) is 0 Å². The normalized spacial score (nSPS) is 12.6. The molecule has 0 amide bonds. The van der Waals surface area contributed by atoms with Crippen molar-refractivity contribution < 1.29 is 4.84 Å². The molecule has 0 aliphatic heterocycles. The first-order chi connectivity index (χ1) is 7.40. The number of nitrogens with zero attached hydrogens (tertiary/aromatic N) is 2. The van der Waals surface area contributed by atoms with Gasteiger partial charge in [-0.3, -0.25) is 9.94 Å². The zero-order valence-corrected chi connectivity index (χ0v) is 8.13. The maximum atomic E-state index is 5.23. The van der Waals surface area contributed by atoms with Crippen LogP contribution in [0.3, 0.4) is 0 Å². The monoisotopic (exact) mass is 204 g/mol. The Labute approximate surface area is 87.2 Å². The Kier molecular flexibility index (Phi) is 3.06. The highest BCUT2D eigenvalue weighted by molar-refractivity contribution is 5.17. The van der Waals surface area contributed by atoms with Gasteiger partial charge in [0.1, 0.15) is 11.8 Å². The molecule has 2 aromatic rings. The molecule has 2 rings (SSSR count). The summed E-state index contributed by atoms with van der Waals surface area (Å²) in [5, 5.41) is 10.1. The number of aromatic nitrogens is 3. The van der Waals surface area contributed by atoms with Crippen molar-refractivity contribution in [3.05, 3.63) is 47.8 Å². The Morgan fingerprint density at radius 2 is 2.13 bits per heavy atom. The third kappa shape index (κ3) is 2.39. The van der Waals surface area contributed by atoms with E-state index in [0.29, 0.717) is 12.1 Å². The average molecular weight is 204 g/mol. The topological polar surface area (TPSA) is 76.8 Å². The van der Waals surface area contributed by atoms with E-state index in [1.807, 2.05) is 30.3 Å². The molecule has 0 bridgehead atoms. The second kappa shape index (κ2) is 4.68. The number of benzene rings is 1. The second-order valence-electron chi connectivity index (χ2n) is 3.21. The van der Waals surface area contributed by atoms with Crippen molar-refractivity contribution >= 4 is 0 Å². The number of rotatable bonds is 4. The van der Waals surface area contributed by atoms with Crippen LogP contribution in [-0.2, 0) is 11.3 Å². The molecule has 5 heteroatoms. The SMILES string of the molecule is NOC(Cc1ccccc1)c1c[nH]nn1. The summed E-state index contributed by atoms with van der Waals surface area (Å²) in [6.45, 7) is 0. The van der Waals surface area contributed by atoms with Crippen LogP contribution in [0.25, 0.3) is 0 Å². The highest BCUT2D eigenvalue weighted by atomic mass is 16.6. The van der Waals surface area contributed by atoms with Crippen molar-refractivity contribution in [2.75, 3.05) is 0 Å². The van der Waals surface area contributed by atoms with E-state index in [1.54, 1.807) is 6.20 Å². The lowest BCUT2D eigenvalue weighted by Gasteiger charge is -2.10. The van der Waals surface area contributed by atoms with Gasteiger partial charge in [-0.05, 0) is 5.56 Å². The van der Waals surface area contributed by atoms with Gasteiger partial charge in [0.2, 0.25) is 0 Å². The quantitative estimate of drug-likeness (QED) is 0.728. The number of hydrogen-bond donors (Lipinski definition) is 2. The average Bonchev–Trinajstić information content (AvgIpc) is 2.81. The fourth-order valence-corrected chi connectivity index (χ4v) is 1.42. The van der Waals surface area contributed by atoms with Crippen molar-refractivity contribution in [3.63, 3.8) is 0 Å². The highest BCUT2D eigenvalue weighted by Crippen LogP contribution is 2.17. The Hall–Kier alpha value is -1.72. The summed E-state index contributed by atoms with van der Waals surface area (Å²) in [5.74, 6) is 5.23. The summed E-state index contributed by atoms with van der Waals surface area (Å²) >= 11 is 0. The minimum atomic E-state index is -0.258. The molecule has 78 valence electrons. The van der Waals surface area contributed by atoms with Crippen molar-refractivity contribution in [1.82, 2.24) is 15.4 Å². The van der Waals surface area contributed by atoms with Gasteiger partial charge in [-0.25, -0.2) is 5.90 Å². The molecule has 0 spiro atoms. The predicted molar refractivity (Wildman–Crippen MR) is 54.5 cm³/mol. The number of hydrogen-bond acceptors (Lipinski definition) is 4. The molecule has 0 aliphatic rings. The third-order valence-electron chi connectivity index (χ3n) is 2.19. The van der Waals surface area contributed by atoms with Gasteiger partial charge in [-0.15, -0.1) is 5.10 Å². The lowest BCUT2D eigenvalue weighted by Crippen LogP contribution is -2.12. The number of nitrogens with one attached hydrogen (secondary N) is 1. The molecule has 0 aliphatic carbocycles. The molecule has 0 saturated heterocycles. The Morgan fingerprint density at radius 3 is 2.73 bits per heavy atom. The minimum Gasteiger partial charge on any atom is -0.294 e. The van der Waals surface area contributed by atoms with Crippen LogP contribution in [0.2, 0.25) is 0 Å². The fourth-order valence-electron chi connectivity index (χ4n) is 1.42. The Morgan fingerprint density at radius 1 is 1.33 bits per heavy atom. The van der Waals surface area contributed by atoms with Crippen LogP contribution in [0.5, 0.6) is 0 Å². The molecule has 1 aromatic carbocycles. The maximum absolute atomic E-state index is 5.23. The summed E-state index contributed by atoms with van der Waals surface area (Å²) in [4.78, 5) is 4.88. The Bertz CT molecular complexity index is 387. The summed E-state index contributed by atoms with van der Waals surface area (Å²) in [6, 6.07) is 9.97. The Balaban J connectivity index is 2.10. The van der Waals surface area contributed by atoms with E-state index in [0.717, 1.165) is 5.56 Å². The molecular formula is C10H12N4O. The zero-order chi connectivity index (χ0) is 10.5. The largest absolute Gasteiger partial charge is 0.294 e. The van der Waals surface area contributed by atoms with Crippen LogP contribution < -0.4 is 5.90 Å². The van der Waals surface area contributed by atoms with Crippen molar-refractivity contribution in [3.8, 4) is 0 Å². The van der Waals surface area contributed by atoms with E-state index < -0.39 is 0 Å². The summed E-state index contributed by atoms with van der Waals surface area (Å²) < 4.78 is 0. The molecule has 0 fully saturated rings. The summed E-state index contributed by atoms with van der Waals surface area (Å²) in [7, 11) is 0. The molecule has 3 N–H and O–H groups in total. The van der Waals surface area contributed by atoms with Gasteiger partial charge in [0.25, 0.3) is 0 Å². The van der Waals surface area contributed by atoms with Crippen LogP contribution in [0.4, 0.5) is 0 Å². The van der Waals surface area contributed by atoms with Crippen LogP contribution in [0.1, 0.15) is 17.4 Å². The molecule has 1 aromatic heterocycles. The van der Waals surface area contributed by atoms with Crippen LogP contribution in [-0.4, -0.2) is 15.4 Å². The van der Waals surface area contributed by atoms with E-state index in [4.69, 9.17) is 10.7 Å². The van der Waals surface area contributed by atoms with Crippen LogP contribution in [0.15, 0.2) is 36.5 Å². The van der Waals surface area contributed by atoms with Gasteiger partial charge in [0.05, 0.1) is 0 Å². The summed E-state index contributed by atoms with van der Waals surface area (Å²) in [6.07, 6.45) is 2.11. The van der Waals surface area contributed by atoms with Crippen molar-refractivity contribution in [2.45, 2.75) is 12.5 Å². The van der Waals surface area contributed by atoms with Crippen molar-refractivity contribution in [2.24, 2.45) is 5.90 Å². The molecular weight excluding hydrogens is 192 g/mol. The van der Waals surface area contributed by atoms with Gasteiger partial charge >= 0.3 is 0 Å².